The van der Waals surface area contributed by atoms with Crippen LogP contribution in [0.15, 0.2) is 15.4 Å². The molecule has 3 nitrogen and oxygen atoms in total. The maximum Gasteiger partial charge on any atom is 0.428 e. The predicted molar refractivity (Wildman–Crippen MR) is 50.9 cm³/mol. The van der Waals surface area contributed by atoms with E-state index in [9.17, 15) is 4.79 Å². The predicted octanol–water partition coefficient (Wildman–Crippen LogP) is 1.84. The molecule has 0 saturated heterocycles. The van der Waals surface area contributed by atoms with E-state index in [1.54, 1.807) is 6.20 Å². The van der Waals surface area contributed by atoms with Crippen LogP contribution in [-0.4, -0.2) is 2.78 Å². The lowest BCUT2D eigenvalue weighted by atomic mass is 10.1. The van der Waals surface area contributed by atoms with Crippen molar-refractivity contribution in [2.24, 2.45) is 5.92 Å². The van der Waals surface area contributed by atoms with Crippen molar-refractivity contribution in [2.75, 3.05) is 0 Å². The largest absolute Gasteiger partial charge is 0.428 e. The van der Waals surface area contributed by atoms with Crippen molar-refractivity contribution in [2.45, 2.75) is 20.3 Å². The molecule has 0 aliphatic heterocycles. The molecule has 0 amide bonds. The molecule has 0 aliphatic rings. The van der Waals surface area contributed by atoms with E-state index in [2.05, 4.69) is 13.8 Å². The van der Waals surface area contributed by atoms with E-state index < -0.39 is 0 Å². The van der Waals surface area contributed by atoms with Crippen molar-refractivity contribution in [1.29, 1.82) is 0 Å². The van der Waals surface area contributed by atoms with E-state index in [1.165, 1.54) is 2.78 Å². The van der Waals surface area contributed by atoms with Gasteiger partial charge in [0.25, 0.3) is 0 Å². The Morgan fingerprint density at radius 1 is 1.73 bits per heavy atom. The second-order valence-corrected chi connectivity index (χ2v) is 3.91. The molecule has 0 unspecified atom stereocenters. The summed E-state index contributed by atoms with van der Waals surface area (Å²) in [5.41, 5.74) is 0. The van der Waals surface area contributed by atoms with Gasteiger partial charge in [0.1, 0.15) is 5.76 Å². The Labute approximate surface area is 78.9 Å². The van der Waals surface area contributed by atoms with Gasteiger partial charge in [-0.3, -0.25) is 0 Å². The molecule has 0 radical (unpaired) electrons. The van der Waals surface area contributed by atoms with Crippen LogP contribution in [0.25, 0.3) is 0 Å². The monoisotopic (exact) mass is 267 g/mol. The van der Waals surface area contributed by atoms with Gasteiger partial charge in [-0.2, -0.15) is 0 Å². The van der Waals surface area contributed by atoms with Crippen molar-refractivity contribution >= 4 is 22.9 Å². The summed E-state index contributed by atoms with van der Waals surface area (Å²) >= 11 is 1.90. The molecule has 0 aromatic carbocycles. The zero-order valence-corrected chi connectivity index (χ0v) is 8.66. The lowest BCUT2D eigenvalue weighted by Gasteiger charge is -1.97. The molecule has 0 saturated carbocycles. The van der Waals surface area contributed by atoms with Gasteiger partial charge < -0.3 is 4.42 Å². The van der Waals surface area contributed by atoms with Crippen molar-refractivity contribution in [3.8, 4) is 0 Å². The van der Waals surface area contributed by atoms with Crippen LogP contribution in [0, 0.1) is 5.92 Å². The van der Waals surface area contributed by atoms with Crippen LogP contribution in [0.5, 0.6) is 0 Å². The fourth-order valence-electron chi connectivity index (χ4n) is 0.858. The van der Waals surface area contributed by atoms with Crippen LogP contribution in [0.1, 0.15) is 19.6 Å². The Balaban J connectivity index is 2.81. The summed E-state index contributed by atoms with van der Waals surface area (Å²) in [6.07, 6.45) is 2.55. The molecule has 0 bridgehead atoms. The molecular weight excluding hydrogens is 257 g/mol. The summed E-state index contributed by atoms with van der Waals surface area (Å²) in [5, 5.41) is 0. The molecule has 11 heavy (non-hydrogen) atoms. The van der Waals surface area contributed by atoms with Gasteiger partial charge in [0.2, 0.25) is 0 Å². The first-order valence-electron chi connectivity index (χ1n) is 3.47. The molecule has 4 heteroatoms. The summed E-state index contributed by atoms with van der Waals surface area (Å²) in [6.45, 7) is 4.18. The number of nitrogens with zero attached hydrogens (tertiary/aromatic N) is 1. The van der Waals surface area contributed by atoms with Gasteiger partial charge >= 0.3 is 5.76 Å². The average molecular weight is 267 g/mol. The number of halogens is 1. The van der Waals surface area contributed by atoms with E-state index in [0.29, 0.717) is 5.92 Å². The summed E-state index contributed by atoms with van der Waals surface area (Å²) in [7, 11) is 0. The minimum Gasteiger partial charge on any atom is -0.412 e. The Kier molecular flexibility index (Phi) is 2.75. The second kappa shape index (κ2) is 3.42. The van der Waals surface area contributed by atoms with Gasteiger partial charge in [-0.1, -0.05) is 13.8 Å². The van der Waals surface area contributed by atoms with Crippen molar-refractivity contribution < 1.29 is 4.42 Å². The minimum atomic E-state index is -0.291. The summed E-state index contributed by atoms with van der Waals surface area (Å²) < 4.78 is 6.35. The Morgan fingerprint density at radius 3 is 2.73 bits per heavy atom. The van der Waals surface area contributed by atoms with Gasteiger partial charge in [0.05, 0.1) is 29.1 Å². The number of rotatable bonds is 2. The highest BCUT2D eigenvalue weighted by atomic mass is 127. The first-order valence-corrected chi connectivity index (χ1v) is 4.43. The summed E-state index contributed by atoms with van der Waals surface area (Å²) in [4.78, 5) is 10.8. The Morgan fingerprint density at radius 2 is 2.36 bits per heavy atom. The molecule has 62 valence electrons. The SMILES string of the molecule is CC(C)Cc1cn(I)c(=O)o1. The molecule has 0 atom stereocenters. The maximum absolute atomic E-state index is 10.8. The van der Waals surface area contributed by atoms with Gasteiger partial charge in [-0.15, -0.1) is 0 Å². The quantitative estimate of drug-likeness (QED) is 0.766. The number of hydrogen-bond donors (Lipinski definition) is 0. The van der Waals surface area contributed by atoms with Crippen LogP contribution >= 0.6 is 22.9 Å². The highest BCUT2D eigenvalue weighted by molar-refractivity contribution is 14.1. The van der Waals surface area contributed by atoms with Gasteiger partial charge in [0.15, 0.2) is 0 Å². The molecule has 0 aliphatic carbocycles. The molecule has 1 heterocycles. The van der Waals surface area contributed by atoms with E-state index in [4.69, 9.17) is 4.42 Å². The molecule has 0 N–H and O–H groups in total. The van der Waals surface area contributed by atoms with Crippen LogP contribution in [0.4, 0.5) is 0 Å². The molecule has 0 spiro atoms. The number of aromatic nitrogens is 1. The van der Waals surface area contributed by atoms with Crippen molar-refractivity contribution in [3.63, 3.8) is 0 Å². The van der Waals surface area contributed by atoms with Crippen LogP contribution < -0.4 is 5.76 Å². The highest BCUT2D eigenvalue weighted by Crippen LogP contribution is 2.06. The van der Waals surface area contributed by atoms with E-state index in [0.717, 1.165) is 12.2 Å². The van der Waals surface area contributed by atoms with Gasteiger partial charge in [-0.05, 0) is 5.92 Å². The van der Waals surface area contributed by atoms with Crippen molar-refractivity contribution in [3.05, 3.63) is 22.5 Å². The Hall–Kier alpha value is -0.260. The average Bonchev–Trinajstić information content (AvgIpc) is 2.10. The van der Waals surface area contributed by atoms with Crippen molar-refractivity contribution in [1.82, 2.24) is 2.78 Å². The fraction of sp³-hybridized carbons (Fsp3) is 0.571. The number of hydrogen-bond acceptors (Lipinski definition) is 2. The molecule has 1 aromatic heterocycles. The second-order valence-electron chi connectivity index (χ2n) is 2.87. The molecule has 0 fully saturated rings. The normalized spacial score (nSPS) is 10.9. The van der Waals surface area contributed by atoms with E-state index >= 15 is 0 Å². The smallest absolute Gasteiger partial charge is 0.412 e. The Bertz CT molecular complexity index is 287. The standard InChI is InChI=1S/C7H10INO2/c1-5(2)3-6-4-9(8)7(10)11-6/h4-5H,3H2,1-2H3. The third kappa shape index (κ3) is 2.36. The first-order chi connectivity index (χ1) is 5.09. The zero-order valence-electron chi connectivity index (χ0n) is 6.50. The minimum absolute atomic E-state index is 0.291. The third-order valence-corrected chi connectivity index (χ3v) is 1.93. The first kappa shape index (κ1) is 8.83. The fourth-order valence-corrected chi connectivity index (χ4v) is 1.27. The van der Waals surface area contributed by atoms with Crippen LogP contribution in [-0.2, 0) is 6.42 Å². The lowest BCUT2D eigenvalue weighted by Crippen LogP contribution is -2.01. The zero-order chi connectivity index (χ0) is 8.43. The number of oxazole rings is 1. The molecular formula is C7H10INO2. The van der Waals surface area contributed by atoms with Gasteiger partial charge in [0, 0.05) is 6.42 Å². The topological polar surface area (TPSA) is 35.1 Å². The maximum atomic E-state index is 10.8. The van der Waals surface area contributed by atoms with Gasteiger partial charge in [-0.25, -0.2) is 7.58 Å². The third-order valence-electron chi connectivity index (χ3n) is 1.26. The van der Waals surface area contributed by atoms with E-state index in [-0.39, 0.29) is 5.76 Å². The highest BCUT2D eigenvalue weighted by Gasteiger charge is 2.04. The lowest BCUT2D eigenvalue weighted by molar-refractivity contribution is 0.441. The van der Waals surface area contributed by atoms with Crippen LogP contribution in [0.3, 0.4) is 0 Å². The molecule has 1 rings (SSSR count). The summed E-state index contributed by atoms with van der Waals surface area (Å²) in [6, 6.07) is 0. The molecule has 1 aromatic rings. The van der Waals surface area contributed by atoms with Crippen LogP contribution in [0.2, 0.25) is 0 Å². The summed E-state index contributed by atoms with van der Waals surface area (Å²) in [5.74, 6) is 0.998. The van der Waals surface area contributed by atoms with E-state index in [1.807, 2.05) is 22.9 Å².